The first kappa shape index (κ1) is 38.4. The molecule has 4 N–H and O–H groups in total. The average Bonchev–Trinajstić information content (AvgIpc) is 4.03. The molecule has 5 aromatic rings. The zero-order valence-electron chi connectivity index (χ0n) is 32.7. The van der Waals surface area contributed by atoms with Crippen molar-refractivity contribution in [2.24, 2.45) is 11.8 Å². The Hall–Kier alpha value is -5.92. The highest BCUT2D eigenvalue weighted by molar-refractivity contribution is 5.88. The van der Waals surface area contributed by atoms with E-state index in [1.165, 1.54) is 14.2 Å². The van der Waals surface area contributed by atoms with Crippen LogP contribution in [0.5, 0.6) is 0 Å². The molecule has 0 radical (unpaired) electrons. The van der Waals surface area contributed by atoms with Gasteiger partial charge in [-0.3, -0.25) is 9.59 Å². The third-order valence-corrected chi connectivity index (χ3v) is 11.0. The molecule has 2 aliphatic heterocycles. The van der Waals surface area contributed by atoms with Crippen LogP contribution in [-0.2, 0) is 19.1 Å². The molecule has 7 rings (SSSR count). The number of imidazole rings is 2. The number of likely N-dealkylation sites (tertiary alicyclic amines) is 2. The summed E-state index contributed by atoms with van der Waals surface area (Å²) in [7, 11) is 2.58. The number of alkyl carbamates (subject to hydrolysis) is 2. The van der Waals surface area contributed by atoms with Gasteiger partial charge in [0.25, 0.3) is 0 Å². The number of benzene rings is 3. The molecule has 2 aromatic heterocycles. The highest BCUT2D eigenvalue weighted by Crippen LogP contribution is 2.36. The van der Waals surface area contributed by atoms with Crippen LogP contribution in [0.4, 0.5) is 9.59 Å². The normalized spacial score (nSPS) is 18.1. The van der Waals surface area contributed by atoms with Gasteiger partial charge in [0.15, 0.2) is 0 Å². The molecule has 4 atom stereocenters. The van der Waals surface area contributed by atoms with Crippen molar-refractivity contribution in [2.45, 2.75) is 77.5 Å². The predicted octanol–water partition coefficient (Wildman–Crippen LogP) is 6.86. The smallest absolute Gasteiger partial charge is 0.407 e. The minimum Gasteiger partial charge on any atom is -0.453 e. The Morgan fingerprint density at radius 2 is 1.07 bits per heavy atom. The summed E-state index contributed by atoms with van der Waals surface area (Å²) in [4.78, 5) is 71.6. The van der Waals surface area contributed by atoms with Crippen molar-refractivity contribution in [2.75, 3.05) is 27.3 Å². The van der Waals surface area contributed by atoms with Gasteiger partial charge in [-0.05, 0) is 84.0 Å². The molecule has 0 aliphatic carbocycles. The lowest BCUT2D eigenvalue weighted by molar-refractivity contribution is -0.136. The van der Waals surface area contributed by atoms with E-state index in [0.717, 1.165) is 81.7 Å². The number of carbonyl (C=O) groups is 4. The number of carbonyl (C=O) groups excluding carboxylic acids is 4. The standard InChI is InChI=1S/C42H50N8O6/c1-23(2)35(47-41(53)55-5)39(51)49-19-7-9-33(49)37-43-29-17-15-27(21-31(29)45-37)25-11-13-26(14-12-25)28-16-18-30-32(22-28)46-38(44-30)34-10-8-20-50(34)40(52)36(24(3)4)48-42(54)56-6/h11-18,21-24,33-36H,7-10,19-20H2,1-6H3,(H,43,45)(H,44,46)(H,47,53)(H,48,54)/t33-,34-,35-,36-/m0/s1. The van der Waals surface area contributed by atoms with Gasteiger partial charge in [-0.25, -0.2) is 19.6 Å². The largest absolute Gasteiger partial charge is 0.453 e. The van der Waals surface area contributed by atoms with Crippen LogP contribution in [-0.4, -0.2) is 93.1 Å². The first-order valence-corrected chi connectivity index (χ1v) is 19.4. The van der Waals surface area contributed by atoms with E-state index >= 15 is 0 Å². The first-order chi connectivity index (χ1) is 26.9. The third kappa shape index (κ3) is 7.64. The van der Waals surface area contributed by atoms with Gasteiger partial charge in [0.2, 0.25) is 11.8 Å². The van der Waals surface area contributed by atoms with Gasteiger partial charge in [-0.2, -0.15) is 0 Å². The quantitative estimate of drug-likeness (QED) is 0.119. The molecule has 14 nitrogen and oxygen atoms in total. The minimum absolute atomic E-state index is 0.108. The van der Waals surface area contributed by atoms with Crippen molar-refractivity contribution in [3.63, 3.8) is 0 Å². The summed E-state index contributed by atoms with van der Waals surface area (Å²) < 4.78 is 9.54. The lowest BCUT2D eigenvalue weighted by Gasteiger charge is -2.29. The van der Waals surface area contributed by atoms with Crippen LogP contribution >= 0.6 is 0 Å². The van der Waals surface area contributed by atoms with Gasteiger partial charge in [-0.15, -0.1) is 0 Å². The van der Waals surface area contributed by atoms with E-state index in [2.05, 4.69) is 69.1 Å². The van der Waals surface area contributed by atoms with Crippen molar-refractivity contribution in [3.8, 4) is 22.3 Å². The zero-order chi connectivity index (χ0) is 39.7. The maximum Gasteiger partial charge on any atom is 0.407 e. The highest BCUT2D eigenvalue weighted by atomic mass is 16.5. The van der Waals surface area contributed by atoms with Crippen LogP contribution in [0.3, 0.4) is 0 Å². The van der Waals surface area contributed by atoms with Crippen LogP contribution < -0.4 is 10.6 Å². The van der Waals surface area contributed by atoms with Crippen molar-refractivity contribution in [3.05, 3.63) is 72.3 Å². The van der Waals surface area contributed by atoms with Crippen LogP contribution in [0.1, 0.15) is 77.1 Å². The van der Waals surface area contributed by atoms with E-state index in [0.29, 0.717) is 13.1 Å². The first-order valence-electron chi connectivity index (χ1n) is 19.4. The molecule has 14 heteroatoms. The summed E-state index contributed by atoms with van der Waals surface area (Å²) in [5.74, 6) is 0.975. The molecule has 294 valence electrons. The number of amides is 4. The number of ether oxygens (including phenoxy) is 2. The van der Waals surface area contributed by atoms with Crippen molar-refractivity contribution < 1.29 is 28.7 Å². The second-order valence-electron chi connectivity index (χ2n) is 15.4. The summed E-state index contributed by atoms with van der Waals surface area (Å²) in [5, 5.41) is 5.41. The lowest BCUT2D eigenvalue weighted by Crippen LogP contribution is -2.51. The Kier molecular flexibility index (Phi) is 11.0. The number of aromatic nitrogens is 4. The summed E-state index contributed by atoms with van der Waals surface area (Å²) >= 11 is 0. The van der Waals surface area contributed by atoms with E-state index in [9.17, 15) is 19.2 Å². The Labute approximate surface area is 325 Å². The second kappa shape index (κ2) is 16.0. The zero-order valence-corrected chi connectivity index (χ0v) is 32.7. The van der Waals surface area contributed by atoms with Crippen molar-refractivity contribution >= 4 is 46.1 Å². The molecule has 56 heavy (non-hydrogen) atoms. The molecule has 2 saturated heterocycles. The summed E-state index contributed by atoms with van der Waals surface area (Å²) in [6.45, 7) is 8.80. The van der Waals surface area contributed by atoms with Gasteiger partial charge in [0.1, 0.15) is 23.7 Å². The van der Waals surface area contributed by atoms with Crippen LogP contribution in [0.15, 0.2) is 60.7 Å². The number of hydrogen-bond acceptors (Lipinski definition) is 8. The summed E-state index contributed by atoms with van der Waals surface area (Å²) in [5.41, 5.74) is 7.56. The number of methoxy groups -OCH3 is 2. The van der Waals surface area contributed by atoms with Crippen LogP contribution in [0, 0.1) is 11.8 Å². The van der Waals surface area contributed by atoms with E-state index in [1.54, 1.807) is 0 Å². The molecule has 0 saturated carbocycles. The van der Waals surface area contributed by atoms with E-state index < -0.39 is 24.3 Å². The molecular weight excluding hydrogens is 713 g/mol. The highest BCUT2D eigenvalue weighted by Gasteiger charge is 2.39. The van der Waals surface area contributed by atoms with Gasteiger partial charge in [0, 0.05) is 13.1 Å². The fourth-order valence-electron chi connectivity index (χ4n) is 7.97. The molecule has 2 fully saturated rings. The topological polar surface area (TPSA) is 175 Å². The Bertz CT molecular complexity index is 2090. The van der Waals surface area contributed by atoms with Gasteiger partial charge < -0.3 is 39.9 Å². The maximum absolute atomic E-state index is 13.6. The predicted molar refractivity (Wildman–Crippen MR) is 212 cm³/mol. The Morgan fingerprint density at radius 1 is 0.625 bits per heavy atom. The number of aromatic amines is 2. The molecular formula is C42H50N8O6. The van der Waals surface area contributed by atoms with E-state index in [1.807, 2.05) is 49.6 Å². The fraction of sp³-hybridized carbons (Fsp3) is 0.429. The van der Waals surface area contributed by atoms with E-state index in [4.69, 9.17) is 19.4 Å². The maximum atomic E-state index is 13.6. The molecule has 0 bridgehead atoms. The third-order valence-electron chi connectivity index (χ3n) is 11.0. The van der Waals surface area contributed by atoms with Crippen molar-refractivity contribution in [1.82, 2.24) is 40.4 Å². The molecule has 4 heterocycles. The Balaban J connectivity index is 1.06. The van der Waals surface area contributed by atoms with Gasteiger partial charge in [-0.1, -0.05) is 64.1 Å². The van der Waals surface area contributed by atoms with Crippen LogP contribution in [0.2, 0.25) is 0 Å². The molecule has 2 aliphatic rings. The number of rotatable bonds is 10. The van der Waals surface area contributed by atoms with Gasteiger partial charge in [0.05, 0.1) is 48.4 Å². The summed E-state index contributed by atoms with van der Waals surface area (Å²) in [6.07, 6.45) is 2.00. The van der Waals surface area contributed by atoms with Crippen molar-refractivity contribution in [1.29, 1.82) is 0 Å². The lowest BCUT2D eigenvalue weighted by atomic mass is 10.00. The molecule has 3 aromatic carbocycles. The SMILES string of the molecule is COC(=O)N[C@H](C(=O)N1CCC[C@H]1c1nc2cc(-c3ccc(-c4ccc5nc([C@@H]6CCCN6C(=O)[C@@H](NC(=O)OC)C(C)C)[nH]c5c4)cc3)ccc2[nH]1)C(C)C. The van der Waals surface area contributed by atoms with E-state index in [-0.39, 0.29) is 35.7 Å². The minimum atomic E-state index is -0.692. The number of hydrogen-bond donors (Lipinski definition) is 4. The number of fused-ring (bicyclic) bond motifs is 2. The van der Waals surface area contributed by atoms with Crippen LogP contribution in [0.25, 0.3) is 44.3 Å². The fourth-order valence-corrected chi connectivity index (χ4v) is 7.97. The monoisotopic (exact) mass is 762 g/mol. The second-order valence-corrected chi connectivity index (χ2v) is 15.4. The number of H-pyrrole nitrogens is 2. The molecule has 4 amide bonds. The molecule has 0 spiro atoms. The number of nitrogens with one attached hydrogen (secondary N) is 4. The Morgan fingerprint density at radius 3 is 1.57 bits per heavy atom. The average molecular weight is 763 g/mol. The summed E-state index contributed by atoms with van der Waals surface area (Å²) in [6, 6.07) is 18.9. The number of nitrogens with zero attached hydrogens (tertiary/aromatic N) is 4. The van der Waals surface area contributed by atoms with Gasteiger partial charge >= 0.3 is 12.2 Å². The molecule has 0 unspecified atom stereocenters.